The second-order valence-corrected chi connectivity index (χ2v) is 9.76. The zero-order valence-corrected chi connectivity index (χ0v) is 18.1. The molecule has 27 heavy (non-hydrogen) atoms. The molecule has 1 N–H and O–H groups in total. The maximum absolute atomic E-state index is 10.9. The van der Waals surface area contributed by atoms with Crippen LogP contribution in [0.5, 0.6) is 11.5 Å². The van der Waals surface area contributed by atoms with Crippen LogP contribution in [-0.2, 0) is 11.2 Å². The lowest BCUT2D eigenvalue weighted by Crippen LogP contribution is -2.51. The van der Waals surface area contributed by atoms with Crippen molar-refractivity contribution < 1.29 is 14.6 Å². The molecule has 3 rings (SSSR count). The van der Waals surface area contributed by atoms with Crippen molar-refractivity contribution in [1.82, 2.24) is 0 Å². The summed E-state index contributed by atoms with van der Waals surface area (Å²) in [5.74, 6) is 2.00. The van der Waals surface area contributed by atoms with E-state index in [1.807, 2.05) is 6.07 Å². The summed E-state index contributed by atoms with van der Waals surface area (Å²) in [5.41, 5.74) is 1.85. The van der Waals surface area contributed by atoms with Gasteiger partial charge >= 0.3 is 0 Å². The van der Waals surface area contributed by atoms with Crippen LogP contribution in [-0.4, -0.2) is 22.4 Å². The van der Waals surface area contributed by atoms with Crippen LogP contribution in [0.15, 0.2) is 12.1 Å². The van der Waals surface area contributed by atoms with E-state index in [0.717, 1.165) is 43.4 Å². The third-order valence-electron chi connectivity index (χ3n) is 6.53. The van der Waals surface area contributed by atoms with Crippen molar-refractivity contribution in [3.63, 3.8) is 0 Å². The summed E-state index contributed by atoms with van der Waals surface area (Å²) in [6, 6.07) is 4.15. The van der Waals surface area contributed by atoms with Gasteiger partial charge in [-0.3, -0.25) is 0 Å². The molecule has 0 radical (unpaired) electrons. The highest BCUT2D eigenvalue weighted by Gasteiger charge is 2.51. The molecule has 0 amide bonds. The van der Waals surface area contributed by atoms with Crippen molar-refractivity contribution in [1.29, 1.82) is 0 Å². The number of phenols is 1. The number of unbranched alkanes of at least 4 members (excludes halogenated alkanes) is 2. The Labute approximate surface area is 165 Å². The lowest BCUT2D eigenvalue weighted by molar-refractivity contribution is -0.122. The lowest BCUT2D eigenvalue weighted by Gasteiger charge is -2.52. The molecular formula is C24H38O3. The lowest BCUT2D eigenvalue weighted by atomic mass is 9.62. The van der Waals surface area contributed by atoms with Gasteiger partial charge < -0.3 is 14.6 Å². The zero-order valence-electron chi connectivity index (χ0n) is 18.1. The Kier molecular flexibility index (Phi) is 5.82. The normalized spacial score (nSPS) is 29.1. The highest BCUT2D eigenvalue weighted by Crippen LogP contribution is 2.57. The van der Waals surface area contributed by atoms with E-state index in [-0.39, 0.29) is 23.2 Å². The molecule has 3 nitrogen and oxygen atoms in total. The van der Waals surface area contributed by atoms with Crippen LogP contribution in [0.1, 0.15) is 97.1 Å². The van der Waals surface area contributed by atoms with Gasteiger partial charge in [-0.1, -0.05) is 19.8 Å². The quantitative estimate of drug-likeness (QED) is 0.589. The number of ether oxygens (including phenoxy) is 2. The first kappa shape index (κ1) is 20.5. The summed E-state index contributed by atoms with van der Waals surface area (Å²) in [7, 11) is 0. The van der Waals surface area contributed by atoms with E-state index in [4.69, 9.17) is 9.47 Å². The Balaban J connectivity index is 1.94. The summed E-state index contributed by atoms with van der Waals surface area (Å²) in [6.45, 7) is 13.1. The van der Waals surface area contributed by atoms with Crippen LogP contribution in [0.2, 0.25) is 0 Å². The number of fused-ring (bicyclic) bond motifs is 3. The maximum atomic E-state index is 10.9. The minimum atomic E-state index is -0.217. The molecule has 1 fully saturated rings. The Hall–Kier alpha value is -1.22. The van der Waals surface area contributed by atoms with Crippen LogP contribution in [0.3, 0.4) is 0 Å². The standard InChI is InChI=1S/C24H38O3/c1-7-8-9-10-17-13-20(25)22-18-15-24(6,26-16(2)3)12-11-19(18)23(4,5)27-21(22)14-17/h13-14,16,18-19,25H,7-12,15H2,1-6H3/t18-,19-,24?/m1/s1. The molecule has 3 atom stereocenters. The fourth-order valence-electron chi connectivity index (χ4n) is 5.39. The Bertz CT molecular complexity index is 664. The number of rotatable bonds is 6. The molecular weight excluding hydrogens is 336 g/mol. The summed E-state index contributed by atoms with van der Waals surface area (Å²) in [6.07, 6.45) is 7.86. The SMILES string of the molecule is CCCCCc1cc(O)c2c(c1)OC(C)(C)[C@@H]1CCC(C)(OC(C)C)C[C@@H]21. The van der Waals surface area contributed by atoms with Crippen LogP contribution < -0.4 is 4.74 Å². The molecule has 3 heteroatoms. The Morgan fingerprint density at radius 2 is 1.96 bits per heavy atom. The smallest absolute Gasteiger partial charge is 0.127 e. The van der Waals surface area contributed by atoms with Crippen molar-refractivity contribution in [2.75, 3.05) is 0 Å². The molecule has 2 aliphatic rings. The molecule has 0 spiro atoms. The van der Waals surface area contributed by atoms with Gasteiger partial charge in [-0.2, -0.15) is 0 Å². The molecule has 1 aliphatic heterocycles. The maximum Gasteiger partial charge on any atom is 0.127 e. The van der Waals surface area contributed by atoms with Gasteiger partial charge in [0, 0.05) is 17.4 Å². The topological polar surface area (TPSA) is 38.7 Å². The summed E-state index contributed by atoms with van der Waals surface area (Å²) < 4.78 is 12.8. The van der Waals surface area contributed by atoms with Gasteiger partial charge in [-0.25, -0.2) is 0 Å². The predicted octanol–water partition coefficient (Wildman–Crippen LogP) is 6.36. The second kappa shape index (κ2) is 7.66. The highest BCUT2D eigenvalue weighted by molar-refractivity contribution is 5.52. The Morgan fingerprint density at radius 3 is 2.63 bits per heavy atom. The largest absolute Gasteiger partial charge is 0.508 e. The molecule has 0 saturated heterocycles. The molecule has 1 saturated carbocycles. The summed E-state index contributed by atoms with van der Waals surface area (Å²) in [5, 5.41) is 10.9. The van der Waals surface area contributed by atoms with E-state index in [1.165, 1.54) is 18.4 Å². The van der Waals surface area contributed by atoms with Gasteiger partial charge in [-0.15, -0.1) is 0 Å². The van der Waals surface area contributed by atoms with E-state index < -0.39 is 0 Å². The first-order chi connectivity index (χ1) is 12.6. The van der Waals surface area contributed by atoms with Crippen molar-refractivity contribution in [3.8, 4) is 11.5 Å². The van der Waals surface area contributed by atoms with Crippen molar-refractivity contribution in [3.05, 3.63) is 23.3 Å². The van der Waals surface area contributed by atoms with Crippen LogP contribution >= 0.6 is 0 Å². The van der Waals surface area contributed by atoms with Gasteiger partial charge in [0.2, 0.25) is 0 Å². The van der Waals surface area contributed by atoms with E-state index in [2.05, 4.69) is 47.6 Å². The van der Waals surface area contributed by atoms with Crippen LogP contribution in [0.4, 0.5) is 0 Å². The third-order valence-corrected chi connectivity index (χ3v) is 6.53. The van der Waals surface area contributed by atoms with Crippen molar-refractivity contribution in [2.45, 2.75) is 110 Å². The van der Waals surface area contributed by atoms with Gasteiger partial charge in [0.1, 0.15) is 17.1 Å². The molecule has 1 unspecified atom stereocenters. The molecule has 1 aromatic rings. The van der Waals surface area contributed by atoms with Gasteiger partial charge in [0.05, 0.1) is 11.7 Å². The molecule has 1 aromatic carbocycles. The summed E-state index contributed by atoms with van der Waals surface area (Å²) >= 11 is 0. The zero-order chi connectivity index (χ0) is 19.8. The Morgan fingerprint density at radius 1 is 1.22 bits per heavy atom. The first-order valence-electron chi connectivity index (χ1n) is 10.9. The number of benzene rings is 1. The minimum Gasteiger partial charge on any atom is -0.508 e. The monoisotopic (exact) mass is 374 g/mol. The fraction of sp³-hybridized carbons (Fsp3) is 0.750. The fourth-order valence-corrected chi connectivity index (χ4v) is 5.39. The van der Waals surface area contributed by atoms with E-state index in [0.29, 0.717) is 11.7 Å². The van der Waals surface area contributed by atoms with Crippen molar-refractivity contribution >= 4 is 0 Å². The summed E-state index contributed by atoms with van der Waals surface area (Å²) in [4.78, 5) is 0. The molecule has 1 aliphatic carbocycles. The number of hydrogen-bond donors (Lipinski definition) is 1. The van der Waals surface area contributed by atoms with E-state index >= 15 is 0 Å². The van der Waals surface area contributed by atoms with Crippen LogP contribution in [0, 0.1) is 5.92 Å². The third kappa shape index (κ3) is 4.29. The van der Waals surface area contributed by atoms with E-state index in [1.54, 1.807) is 0 Å². The van der Waals surface area contributed by atoms with Gasteiger partial charge in [0.25, 0.3) is 0 Å². The number of aryl methyl sites for hydroxylation is 1. The van der Waals surface area contributed by atoms with Gasteiger partial charge in [0.15, 0.2) is 0 Å². The van der Waals surface area contributed by atoms with Gasteiger partial charge in [-0.05, 0) is 84.4 Å². The van der Waals surface area contributed by atoms with Crippen LogP contribution in [0.25, 0.3) is 0 Å². The van der Waals surface area contributed by atoms with E-state index in [9.17, 15) is 5.11 Å². The minimum absolute atomic E-state index is 0.133. The molecule has 152 valence electrons. The van der Waals surface area contributed by atoms with Crippen molar-refractivity contribution in [2.24, 2.45) is 5.92 Å². The number of aromatic hydroxyl groups is 1. The number of phenolic OH excluding ortho intramolecular Hbond substituents is 1. The average Bonchev–Trinajstić information content (AvgIpc) is 2.52. The number of hydrogen-bond acceptors (Lipinski definition) is 3. The first-order valence-corrected chi connectivity index (χ1v) is 10.9. The molecule has 1 heterocycles. The highest BCUT2D eigenvalue weighted by atomic mass is 16.5. The molecule has 0 bridgehead atoms. The molecule has 0 aromatic heterocycles. The average molecular weight is 375 g/mol. The second-order valence-electron chi connectivity index (χ2n) is 9.76. The predicted molar refractivity (Wildman–Crippen MR) is 111 cm³/mol.